The number of rotatable bonds is 12. The number of imidazole rings is 1. The maximum atomic E-state index is 6.96. The molecule has 0 fully saturated rings. The molecule has 0 amide bonds. The van der Waals surface area contributed by atoms with Gasteiger partial charge in [-0.3, -0.25) is 4.98 Å². The van der Waals surface area contributed by atoms with Gasteiger partial charge in [0.1, 0.15) is 0 Å². The second-order valence-electron chi connectivity index (χ2n) is 21.4. The number of hydrogen-bond acceptors (Lipinski definition) is 3. The van der Waals surface area contributed by atoms with E-state index in [2.05, 4.69) is 312 Å². The number of aryl methyl sites for hydroxylation is 1. The van der Waals surface area contributed by atoms with Gasteiger partial charge in [0.15, 0.2) is 0 Å². The molecule has 4 aromatic heterocycles. The molecular formula is C78H53N5OPt. The molecule has 6 nitrogen and oxygen atoms in total. The predicted molar refractivity (Wildman–Crippen MR) is 345 cm³/mol. The number of para-hydroxylation sites is 4. The molecule has 0 spiro atoms. The number of nitrogens with zero attached hydrogens (tertiary/aromatic N) is 5. The van der Waals surface area contributed by atoms with Crippen LogP contribution in [0.3, 0.4) is 0 Å². The molecule has 0 saturated heterocycles. The number of fused-ring (bicyclic) bond motifs is 4. The van der Waals surface area contributed by atoms with Gasteiger partial charge in [-0.1, -0.05) is 12.1 Å². The molecule has 0 bridgehead atoms. The summed E-state index contributed by atoms with van der Waals surface area (Å²) in [5.74, 6) is 2.28. The monoisotopic (exact) mass is 1270 g/mol. The topological polar surface area (TPSA) is 49.8 Å². The Bertz CT molecular complexity index is 4790. The average Bonchev–Trinajstić information content (AvgIpc) is 2.39. The molecule has 15 rings (SSSR count). The van der Waals surface area contributed by atoms with Crippen molar-refractivity contribution in [1.29, 1.82) is 0 Å². The zero-order valence-corrected chi connectivity index (χ0v) is 48.6. The molecule has 0 N–H and O–H groups in total. The number of hydrogen-bond donors (Lipinski definition) is 0. The van der Waals surface area contributed by atoms with Crippen molar-refractivity contribution in [3.8, 4) is 107 Å². The van der Waals surface area contributed by atoms with Crippen LogP contribution in [0, 0.1) is 10.7 Å². The van der Waals surface area contributed by atoms with Gasteiger partial charge in [0.05, 0.1) is 0 Å². The number of ether oxygens (including phenoxy) is 1. The van der Waals surface area contributed by atoms with Crippen LogP contribution < -0.4 is 4.74 Å². The van der Waals surface area contributed by atoms with E-state index >= 15 is 0 Å². The van der Waals surface area contributed by atoms with Crippen LogP contribution in [0.1, 0.15) is 5.56 Å². The summed E-state index contributed by atoms with van der Waals surface area (Å²) in [7, 11) is 0. The number of aromatic nitrogens is 5. The van der Waals surface area contributed by atoms with E-state index in [9.17, 15) is 0 Å². The Balaban J connectivity index is 0.907. The molecule has 0 aliphatic carbocycles. The molecule has 0 aliphatic heterocycles. The van der Waals surface area contributed by atoms with Gasteiger partial charge in [0.2, 0.25) is 0 Å². The van der Waals surface area contributed by atoms with Crippen molar-refractivity contribution in [3.05, 3.63) is 313 Å². The van der Waals surface area contributed by atoms with Crippen LogP contribution in [0.25, 0.3) is 128 Å². The van der Waals surface area contributed by atoms with Gasteiger partial charge in [-0.15, -0.1) is 0 Å². The van der Waals surface area contributed by atoms with Crippen molar-refractivity contribution < 1.29 is 24.1 Å². The molecule has 85 heavy (non-hydrogen) atoms. The van der Waals surface area contributed by atoms with Crippen molar-refractivity contribution in [1.82, 2.24) is 23.7 Å². The molecular weight excluding hydrogens is 1220 g/mol. The van der Waals surface area contributed by atoms with E-state index in [-0.39, 0.29) is 0 Å². The normalized spacial score (nSPS) is 11.4. The molecule has 0 atom stereocenters. The van der Waals surface area contributed by atoms with Gasteiger partial charge < -0.3 is 0 Å². The van der Waals surface area contributed by atoms with Gasteiger partial charge in [-0.05, 0) is 30.2 Å². The summed E-state index contributed by atoms with van der Waals surface area (Å²) in [4.78, 5) is 9.32. The molecule has 15 aromatic rings. The summed E-state index contributed by atoms with van der Waals surface area (Å²) < 4.78 is 15.0. The van der Waals surface area contributed by atoms with Crippen LogP contribution in [-0.2, 0) is 19.4 Å². The third-order valence-corrected chi connectivity index (χ3v) is 17.2. The summed E-state index contributed by atoms with van der Waals surface area (Å²) in [6, 6.07) is 102. The zero-order chi connectivity index (χ0) is 56.8. The first-order valence-electron chi connectivity index (χ1n) is 28.5. The van der Waals surface area contributed by atoms with Gasteiger partial charge in [0.25, 0.3) is 0 Å². The minimum absolute atomic E-state index is 0.717. The standard InChI is InChI=1S/C78H53N5O.Pt/c1-53-42-77(80-51-72(53)58-38-40-79-41-39-58)83-73-33-15-14-30-70(73)71-37-36-67(50-76(71)83)84-66-29-18-28-65(49-66)81-52-82(75-35-17-16-34-74(75)81)78-68(63-45-59(54-20-6-2-7-21-54)43-60(46-63)55-22-8-3-9-23-55)31-19-32-69(78)64-47-61(56-24-10-4-11-25-56)44-62(48-64)57-26-12-5-13-27-57;/h2-51H,1H3;. The van der Waals surface area contributed by atoms with Gasteiger partial charge in [-0.2, -0.15) is 0 Å². The Labute approximate surface area is 503 Å². The Hall–Kier alpha value is -10.5. The minimum Gasteiger partial charge on any atom is -0.265 e. The van der Waals surface area contributed by atoms with Crippen molar-refractivity contribution >= 4 is 32.8 Å². The van der Waals surface area contributed by atoms with Gasteiger partial charge in [0, 0.05) is 24.2 Å². The van der Waals surface area contributed by atoms with Crippen molar-refractivity contribution in [3.63, 3.8) is 0 Å². The van der Waals surface area contributed by atoms with Crippen LogP contribution in [0.4, 0.5) is 0 Å². The zero-order valence-electron chi connectivity index (χ0n) is 46.3. The summed E-state index contributed by atoms with van der Waals surface area (Å²) in [6.07, 6.45) is 5.62. The molecule has 0 radical (unpaired) electrons. The molecule has 7 heteroatoms. The Morgan fingerprint density at radius 1 is 0.329 bits per heavy atom. The SMILES string of the molecule is Cc1cc(-n2c3ccccc3c3ccc(Oc4cccc(-n5[c](=[Pt])n(-c6c(-c7cc(-c8ccccc8)cc(-c8ccccc8)c7)cccc6-c6cc(-c7ccccc7)cc(-c7ccccc7)c6)c6ccccc65)c4)cc32)ncc1-c1ccncc1. The summed E-state index contributed by atoms with van der Waals surface area (Å²) in [5.41, 5.74) is 23.2. The smallest absolute Gasteiger partial charge is 0.265 e. The third kappa shape index (κ3) is 9.63. The predicted octanol–water partition coefficient (Wildman–Crippen LogP) is 20.2. The number of benzene rings is 11. The van der Waals surface area contributed by atoms with Crippen LogP contribution in [0.15, 0.2) is 304 Å². The summed E-state index contributed by atoms with van der Waals surface area (Å²) in [5, 5.41) is 2.27. The Morgan fingerprint density at radius 2 is 0.800 bits per heavy atom. The van der Waals surface area contributed by atoms with E-state index in [0.717, 1.165) is 143 Å². The van der Waals surface area contributed by atoms with E-state index < -0.39 is 0 Å². The molecule has 11 aromatic carbocycles. The van der Waals surface area contributed by atoms with Crippen LogP contribution in [0.2, 0.25) is 0 Å². The van der Waals surface area contributed by atoms with Crippen LogP contribution in [-0.4, -0.2) is 23.7 Å². The molecule has 406 valence electrons. The van der Waals surface area contributed by atoms with Gasteiger partial charge >= 0.3 is 436 Å². The maximum absolute atomic E-state index is 6.96. The van der Waals surface area contributed by atoms with Gasteiger partial charge in [-0.25, -0.2) is 0 Å². The van der Waals surface area contributed by atoms with Crippen molar-refractivity contribution in [2.45, 2.75) is 6.92 Å². The first kappa shape index (κ1) is 51.4. The fraction of sp³-hybridized carbons (Fsp3) is 0.0128. The molecule has 0 unspecified atom stereocenters. The van der Waals surface area contributed by atoms with E-state index in [1.807, 2.05) is 36.8 Å². The Morgan fingerprint density at radius 3 is 1.35 bits per heavy atom. The van der Waals surface area contributed by atoms with E-state index in [4.69, 9.17) is 9.72 Å². The Kier molecular flexibility index (Phi) is 13.3. The summed E-state index contributed by atoms with van der Waals surface area (Å²) >= 11 is 2.55. The fourth-order valence-electron chi connectivity index (χ4n) is 12.2. The van der Waals surface area contributed by atoms with E-state index in [1.165, 1.54) is 0 Å². The van der Waals surface area contributed by atoms with Crippen LogP contribution >= 0.6 is 0 Å². The first-order chi connectivity index (χ1) is 42.0. The first-order valence-corrected chi connectivity index (χ1v) is 29.6. The molecule has 4 heterocycles. The van der Waals surface area contributed by atoms with Crippen molar-refractivity contribution in [2.75, 3.05) is 0 Å². The van der Waals surface area contributed by atoms with Crippen molar-refractivity contribution in [2.24, 2.45) is 0 Å². The number of pyridine rings is 2. The molecule has 0 saturated carbocycles. The minimum atomic E-state index is 0.717. The summed E-state index contributed by atoms with van der Waals surface area (Å²) in [6.45, 7) is 2.14. The quantitative estimate of drug-likeness (QED) is 0.122. The van der Waals surface area contributed by atoms with Crippen LogP contribution in [0.5, 0.6) is 11.5 Å². The molecule has 0 aliphatic rings. The second kappa shape index (κ2) is 22.0. The van der Waals surface area contributed by atoms with E-state index in [0.29, 0.717) is 5.75 Å². The second-order valence-corrected chi connectivity index (χ2v) is 22.4. The average molecular weight is 1270 g/mol. The fourth-order valence-corrected chi connectivity index (χ4v) is 13.3. The van der Waals surface area contributed by atoms with E-state index in [1.54, 1.807) is 0 Å². The third-order valence-electron chi connectivity index (χ3n) is 16.2.